The number of carbonyl (C=O) groups excluding carboxylic acids is 1. The molecule has 18 heavy (non-hydrogen) atoms. The highest BCUT2D eigenvalue weighted by Gasteiger charge is 2.13. The quantitative estimate of drug-likeness (QED) is 0.901. The zero-order chi connectivity index (χ0) is 13.1. The van der Waals surface area contributed by atoms with Crippen LogP contribution in [0.2, 0.25) is 5.02 Å². The summed E-state index contributed by atoms with van der Waals surface area (Å²) in [6, 6.07) is 8.95. The fourth-order valence-electron chi connectivity index (χ4n) is 1.68. The Hall–Kier alpha value is -1.26. The molecule has 0 fully saturated rings. The van der Waals surface area contributed by atoms with Crippen molar-refractivity contribution in [2.45, 2.75) is 13.5 Å². The van der Waals surface area contributed by atoms with Crippen molar-refractivity contribution in [1.82, 2.24) is 4.57 Å². The molecule has 2 rings (SSSR count). The third kappa shape index (κ3) is 2.76. The maximum atomic E-state index is 12.1. The van der Waals surface area contributed by atoms with E-state index in [4.69, 9.17) is 11.6 Å². The van der Waals surface area contributed by atoms with Gasteiger partial charge in [-0.2, -0.15) is 0 Å². The first-order valence-corrected chi connectivity index (χ1v) is 6.70. The largest absolute Gasteiger partial charge is 0.343 e. The molecule has 1 aromatic heterocycles. The summed E-state index contributed by atoms with van der Waals surface area (Å²) in [6.45, 7) is 2.72. The van der Waals surface area contributed by atoms with Crippen LogP contribution in [0.5, 0.6) is 0 Å². The molecule has 1 aromatic carbocycles. The first kappa shape index (κ1) is 13.2. The van der Waals surface area contributed by atoms with E-state index in [9.17, 15) is 4.79 Å². The number of nitrogens with one attached hydrogen (secondary N) is 1. The van der Waals surface area contributed by atoms with E-state index in [-0.39, 0.29) is 5.91 Å². The molecule has 0 unspecified atom stereocenters. The SMILES string of the molecule is CCn1cc(Br)cc1C(=O)Nc1ccccc1Cl. The number of hydrogen-bond acceptors (Lipinski definition) is 1. The Morgan fingerprint density at radius 2 is 2.17 bits per heavy atom. The summed E-state index contributed by atoms with van der Waals surface area (Å²) in [7, 11) is 0. The van der Waals surface area contributed by atoms with Gasteiger partial charge < -0.3 is 9.88 Å². The highest BCUT2D eigenvalue weighted by Crippen LogP contribution is 2.22. The van der Waals surface area contributed by atoms with Gasteiger partial charge in [0.1, 0.15) is 5.69 Å². The Morgan fingerprint density at radius 1 is 1.44 bits per heavy atom. The third-order valence-corrected chi connectivity index (χ3v) is 3.32. The van der Waals surface area contributed by atoms with Gasteiger partial charge in [-0.05, 0) is 41.1 Å². The van der Waals surface area contributed by atoms with E-state index in [0.717, 1.165) is 11.0 Å². The van der Waals surface area contributed by atoms with Crippen molar-refractivity contribution < 1.29 is 4.79 Å². The molecule has 0 aliphatic carbocycles. The summed E-state index contributed by atoms with van der Waals surface area (Å²) < 4.78 is 2.75. The number of para-hydroxylation sites is 1. The van der Waals surface area contributed by atoms with Gasteiger partial charge in [0.2, 0.25) is 0 Å². The van der Waals surface area contributed by atoms with Crippen molar-refractivity contribution >= 4 is 39.1 Å². The fourth-order valence-corrected chi connectivity index (χ4v) is 2.32. The Bertz CT molecular complexity index is 580. The molecule has 0 saturated carbocycles. The van der Waals surface area contributed by atoms with E-state index in [1.54, 1.807) is 18.2 Å². The zero-order valence-electron chi connectivity index (χ0n) is 9.78. The van der Waals surface area contributed by atoms with Crippen molar-refractivity contribution in [3.63, 3.8) is 0 Å². The molecule has 1 heterocycles. The van der Waals surface area contributed by atoms with Crippen LogP contribution in [0.15, 0.2) is 41.0 Å². The maximum Gasteiger partial charge on any atom is 0.272 e. The van der Waals surface area contributed by atoms with Gasteiger partial charge >= 0.3 is 0 Å². The second-order valence-electron chi connectivity index (χ2n) is 3.76. The van der Waals surface area contributed by atoms with E-state index >= 15 is 0 Å². The first-order valence-electron chi connectivity index (χ1n) is 5.53. The lowest BCUT2D eigenvalue weighted by atomic mass is 10.3. The Morgan fingerprint density at radius 3 is 2.83 bits per heavy atom. The molecule has 1 amide bonds. The van der Waals surface area contributed by atoms with Gasteiger partial charge in [-0.3, -0.25) is 4.79 Å². The molecule has 0 spiro atoms. The lowest BCUT2D eigenvalue weighted by Gasteiger charge is -2.08. The van der Waals surface area contributed by atoms with Crippen LogP contribution in [0.4, 0.5) is 5.69 Å². The number of aromatic nitrogens is 1. The molecule has 94 valence electrons. The van der Waals surface area contributed by atoms with Gasteiger partial charge in [0.05, 0.1) is 10.7 Å². The predicted molar refractivity (Wildman–Crippen MR) is 77.2 cm³/mol. The average molecular weight is 328 g/mol. The number of carbonyl (C=O) groups is 1. The van der Waals surface area contributed by atoms with Crippen molar-refractivity contribution in [3.8, 4) is 0 Å². The molecule has 0 radical (unpaired) electrons. The van der Waals surface area contributed by atoms with Gasteiger partial charge in [0.15, 0.2) is 0 Å². The van der Waals surface area contributed by atoms with Crippen LogP contribution in [-0.2, 0) is 6.54 Å². The van der Waals surface area contributed by atoms with Crippen LogP contribution >= 0.6 is 27.5 Å². The maximum absolute atomic E-state index is 12.1. The predicted octanol–water partition coefficient (Wildman–Crippen LogP) is 4.18. The summed E-state index contributed by atoms with van der Waals surface area (Å²) in [5.41, 5.74) is 1.22. The summed E-state index contributed by atoms with van der Waals surface area (Å²) in [5.74, 6) is -0.171. The average Bonchev–Trinajstić information content (AvgIpc) is 2.73. The van der Waals surface area contributed by atoms with E-state index in [1.165, 1.54) is 0 Å². The third-order valence-electron chi connectivity index (χ3n) is 2.56. The molecule has 2 aromatic rings. The highest BCUT2D eigenvalue weighted by atomic mass is 79.9. The minimum Gasteiger partial charge on any atom is -0.343 e. The molecule has 0 bridgehead atoms. The number of amides is 1. The van der Waals surface area contributed by atoms with E-state index in [0.29, 0.717) is 16.4 Å². The Labute approximate surface area is 119 Å². The Kier molecular flexibility index (Phi) is 4.09. The van der Waals surface area contributed by atoms with Crippen LogP contribution in [0.3, 0.4) is 0 Å². The van der Waals surface area contributed by atoms with Crippen LogP contribution in [0.25, 0.3) is 0 Å². The summed E-state index contributed by atoms with van der Waals surface area (Å²) in [5, 5.41) is 3.33. The smallest absolute Gasteiger partial charge is 0.272 e. The summed E-state index contributed by atoms with van der Waals surface area (Å²) in [6.07, 6.45) is 1.88. The van der Waals surface area contributed by atoms with Crippen LogP contribution in [0, 0.1) is 0 Å². The van der Waals surface area contributed by atoms with Gasteiger partial charge in [-0.15, -0.1) is 0 Å². The second-order valence-corrected chi connectivity index (χ2v) is 5.09. The van der Waals surface area contributed by atoms with Crippen LogP contribution < -0.4 is 5.32 Å². The highest BCUT2D eigenvalue weighted by molar-refractivity contribution is 9.10. The summed E-state index contributed by atoms with van der Waals surface area (Å²) >= 11 is 9.37. The molecule has 3 nitrogen and oxygen atoms in total. The molecular formula is C13H12BrClN2O. The van der Waals surface area contributed by atoms with Gasteiger partial charge in [0, 0.05) is 17.2 Å². The fraction of sp³-hybridized carbons (Fsp3) is 0.154. The molecule has 0 aliphatic heterocycles. The van der Waals surface area contributed by atoms with Crippen molar-refractivity contribution in [2.24, 2.45) is 0 Å². The lowest BCUT2D eigenvalue weighted by molar-refractivity contribution is 0.101. The standard InChI is InChI=1S/C13H12BrClN2O/c1-2-17-8-9(14)7-12(17)13(18)16-11-6-4-3-5-10(11)15/h3-8H,2H2,1H3,(H,16,18). The Balaban J connectivity index is 2.25. The second kappa shape index (κ2) is 5.59. The van der Waals surface area contributed by atoms with Crippen LogP contribution in [-0.4, -0.2) is 10.5 Å². The summed E-state index contributed by atoms with van der Waals surface area (Å²) in [4.78, 5) is 12.1. The van der Waals surface area contributed by atoms with Crippen LogP contribution in [0.1, 0.15) is 17.4 Å². The normalized spacial score (nSPS) is 10.4. The molecule has 5 heteroatoms. The van der Waals surface area contributed by atoms with E-state index in [2.05, 4.69) is 21.2 Å². The molecule has 0 atom stereocenters. The number of benzene rings is 1. The molecule has 0 saturated heterocycles. The van der Waals surface area contributed by atoms with Gasteiger partial charge in [-0.1, -0.05) is 23.7 Å². The molecular weight excluding hydrogens is 316 g/mol. The van der Waals surface area contributed by atoms with Crippen molar-refractivity contribution in [3.05, 3.63) is 51.7 Å². The minimum atomic E-state index is -0.171. The molecule has 0 aliphatic rings. The van der Waals surface area contributed by atoms with Gasteiger partial charge in [-0.25, -0.2) is 0 Å². The topological polar surface area (TPSA) is 34.0 Å². The van der Waals surface area contributed by atoms with E-state index < -0.39 is 0 Å². The number of hydrogen-bond donors (Lipinski definition) is 1. The molecule has 1 N–H and O–H groups in total. The number of anilines is 1. The number of halogens is 2. The van der Waals surface area contributed by atoms with Crippen molar-refractivity contribution in [2.75, 3.05) is 5.32 Å². The number of aryl methyl sites for hydroxylation is 1. The number of nitrogens with zero attached hydrogens (tertiary/aromatic N) is 1. The monoisotopic (exact) mass is 326 g/mol. The van der Waals surface area contributed by atoms with Crippen molar-refractivity contribution in [1.29, 1.82) is 0 Å². The first-order chi connectivity index (χ1) is 8.61. The van der Waals surface area contributed by atoms with Gasteiger partial charge in [0.25, 0.3) is 5.91 Å². The minimum absolute atomic E-state index is 0.171. The number of rotatable bonds is 3. The lowest BCUT2D eigenvalue weighted by Crippen LogP contribution is -2.16. The zero-order valence-corrected chi connectivity index (χ0v) is 12.1. The van der Waals surface area contributed by atoms with E-state index in [1.807, 2.05) is 29.8 Å².